The molecule has 0 aliphatic heterocycles. The van der Waals surface area contributed by atoms with Crippen LogP contribution in [0.15, 0.2) is 84.9 Å². The van der Waals surface area contributed by atoms with Gasteiger partial charge in [-0.2, -0.15) is 0 Å². The number of nitrogens with one attached hydrogen (secondary N) is 10. The van der Waals surface area contributed by atoms with Gasteiger partial charge in [-0.1, -0.05) is 12.1 Å². The summed E-state index contributed by atoms with van der Waals surface area (Å²) in [5.41, 5.74) is 15.0. The number of rotatable bonds is 14. The molecule has 0 aliphatic carbocycles. The molecule has 0 atom stereocenters. The zero-order valence-corrected chi connectivity index (χ0v) is 29.1. The van der Waals surface area contributed by atoms with Crippen LogP contribution in [0.25, 0.3) is 32.6 Å². The van der Waals surface area contributed by atoms with Gasteiger partial charge in [-0.25, -0.2) is 0 Å². The lowest BCUT2D eigenvalue weighted by Crippen LogP contribution is -2.31. The van der Waals surface area contributed by atoms with Gasteiger partial charge in [-0.05, 0) is 96.4 Å². The highest BCUT2D eigenvalue weighted by molar-refractivity contribution is 6.09. The number of nitrogens with two attached hydrogens (primary N) is 2. The Labute approximate surface area is 308 Å². The van der Waals surface area contributed by atoms with Crippen molar-refractivity contribution in [3.63, 3.8) is 0 Å². The number of H-pyrrole nitrogens is 2. The summed E-state index contributed by atoms with van der Waals surface area (Å²) in [5.74, 6) is -1.30. The maximum Gasteiger partial charge on any atom is 0.272 e. The average Bonchev–Trinajstić information content (AvgIpc) is 3.76. The summed E-state index contributed by atoms with van der Waals surface area (Å²) in [5, 5.41) is 34.5. The van der Waals surface area contributed by atoms with Gasteiger partial charge in [0.05, 0.1) is 0 Å². The number of aromatic amines is 2. The maximum atomic E-state index is 13.2. The van der Waals surface area contributed by atoms with Crippen LogP contribution in [0, 0.1) is 10.8 Å². The summed E-state index contributed by atoms with van der Waals surface area (Å²) in [6, 6.07) is 25.1. The van der Waals surface area contributed by atoms with E-state index in [2.05, 4.69) is 41.9 Å². The van der Waals surface area contributed by atoms with Crippen molar-refractivity contribution in [3.05, 3.63) is 96.3 Å². The minimum absolute atomic E-state index is 0.136. The van der Waals surface area contributed by atoms with Gasteiger partial charge in [0, 0.05) is 70.5 Å². The van der Waals surface area contributed by atoms with Gasteiger partial charge in [0.2, 0.25) is 11.8 Å². The molecule has 54 heavy (non-hydrogen) atoms. The number of aromatic nitrogens is 2. The number of carbonyl (C=O) groups excluding carboxylic acids is 4. The standard InChI is InChI=1S/C38H40N12O4/c39-37(40)43-13-1-3-33(51)45-25-9-11-29-23(17-25)19-31(49-29)35(53)47-27-7-5-21-6-8-28(16-22(21)15-27)48-36(54)32-20-24-18-26(10-12-30(24)50-32)46-34(52)4-2-14-44-38(41)42/h5-12,15-20,49-50H,1-4,13-14H2,(H,45,51)(H,46,52)(H,47,53)(H,48,54)(H4,39,40,43)(H4,41,42,44). The molecule has 0 fully saturated rings. The lowest BCUT2D eigenvalue weighted by molar-refractivity contribution is -0.117. The predicted octanol–water partition coefficient (Wildman–Crippen LogP) is 4.71. The van der Waals surface area contributed by atoms with Crippen molar-refractivity contribution >= 4 is 90.9 Å². The van der Waals surface area contributed by atoms with Crippen LogP contribution in [0.2, 0.25) is 0 Å². The second kappa shape index (κ2) is 16.3. The third kappa shape index (κ3) is 9.49. The second-order valence-electron chi connectivity index (χ2n) is 12.6. The smallest absolute Gasteiger partial charge is 0.272 e. The van der Waals surface area contributed by atoms with Crippen molar-refractivity contribution in [2.24, 2.45) is 11.5 Å². The molecule has 0 spiro atoms. The van der Waals surface area contributed by atoms with E-state index < -0.39 is 0 Å². The number of hydrogen-bond donors (Lipinski definition) is 12. The zero-order chi connectivity index (χ0) is 38.2. The Bertz CT molecular complexity index is 2250. The van der Waals surface area contributed by atoms with Gasteiger partial charge in [-0.3, -0.25) is 30.0 Å². The third-order valence-corrected chi connectivity index (χ3v) is 8.45. The fourth-order valence-electron chi connectivity index (χ4n) is 5.86. The molecule has 6 rings (SSSR count). The highest BCUT2D eigenvalue weighted by atomic mass is 16.2. The van der Waals surface area contributed by atoms with Gasteiger partial charge in [0.15, 0.2) is 11.9 Å². The monoisotopic (exact) mass is 728 g/mol. The fourth-order valence-corrected chi connectivity index (χ4v) is 5.86. The van der Waals surface area contributed by atoms with E-state index >= 15 is 0 Å². The Hall–Kier alpha value is -7.36. The second-order valence-corrected chi connectivity index (χ2v) is 12.6. The zero-order valence-electron chi connectivity index (χ0n) is 29.1. The topological polar surface area (TPSA) is 272 Å². The molecule has 0 bridgehead atoms. The highest BCUT2D eigenvalue weighted by Crippen LogP contribution is 2.26. The van der Waals surface area contributed by atoms with E-state index in [9.17, 15) is 19.2 Å². The molecule has 0 radical (unpaired) electrons. The van der Waals surface area contributed by atoms with Crippen LogP contribution in [0.1, 0.15) is 46.7 Å². The maximum absolute atomic E-state index is 13.2. The normalized spacial score (nSPS) is 10.9. The van der Waals surface area contributed by atoms with Gasteiger partial charge in [0.1, 0.15) is 11.4 Å². The van der Waals surface area contributed by atoms with E-state index in [0.29, 0.717) is 60.1 Å². The van der Waals surface area contributed by atoms with Crippen LogP contribution in [-0.4, -0.2) is 58.6 Å². The number of amides is 4. The number of fused-ring (bicyclic) bond motifs is 3. The molecule has 14 N–H and O–H groups in total. The fraction of sp³-hybridized carbons (Fsp3) is 0.158. The van der Waals surface area contributed by atoms with Gasteiger partial charge in [0.25, 0.3) is 11.8 Å². The molecular formula is C38H40N12O4. The summed E-state index contributed by atoms with van der Waals surface area (Å²) in [6.07, 6.45) is 1.57. The molecule has 4 amide bonds. The average molecular weight is 729 g/mol. The number of anilines is 4. The molecule has 2 aromatic heterocycles. The summed E-state index contributed by atoms with van der Waals surface area (Å²) in [6.45, 7) is 0.855. The summed E-state index contributed by atoms with van der Waals surface area (Å²) >= 11 is 0. The van der Waals surface area contributed by atoms with E-state index in [0.717, 1.165) is 32.6 Å². The molecule has 0 aliphatic rings. The Balaban J connectivity index is 1.06. The van der Waals surface area contributed by atoms with Gasteiger partial charge >= 0.3 is 0 Å². The highest BCUT2D eigenvalue weighted by Gasteiger charge is 2.14. The lowest BCUT2D eigenvalue weighted by atomic mass is 10.1. The predicted molar refractivity (Wildman–Crippen MR) is 212 cm³/mol. The van der Waals surface area contributed by atoms with Crippen LogP contribution in [0.3, 0.4) is 0 Å². The third-order valence-electron chi connectivity index (χ3n) is 8.45. The van der Waals surface area contributed by atoms with Crippen molar-refractivity contribution in [1.82, 2.24) is 20.6 Å². The van der Waals surface area contributed by atoms with Crippen molar-refractivity contribution < 1.29 is 19.2 Å². The summed E-state index contributed by atoms with van der Waals surface area (Å²) < 4.78 is 0. The van der Waals surface area contributed by atoms with Crippen LogP contribution in [-0.2, 0) is 9.59 Å². The minimum atomic E-state index is -0.345. The summed E-state index contributed by atoms with van der Waals surface area (Å²) in [7, 11) is 0. The first kappa shape index (κ1) is 36.4. The number of benzene rings is 4. The van der Waals surface area contributed by atoms with E-state index in [4.69, 9.17) is 22.3 Å². The SMILES string of the molecule is N=C(N)NCCCC(=O)Nc1ccc2[nH]c(C(=O)Nc3ccc4ccc(NC(=O)c5cc6cc(NC(=O)CCCNC(=N)N)ccc6[nH]5)cc4c3)cc2c1. The number of carbonyl (C=O) groups is 4. The Morgan fingerprint density at radius 1 is 0.500 bits per heavy atom. The van der Waals surface area contributed by atoms with E-state index in [1.807, 2.05) is 24.3 Å². The van der Waals surface area contributed by atoms with Crippen molar-refractivity contribution in [2.75, 3.05) is 34.4 Å². The minimum Gasteiger partial charge on any atom is -0.370 e. The molecule has 0 unspecified atom stereocenters. The van der Waals surface area contributed by atoms with Crippen molar-refractivity contribution in [1.29, 1.82) is 10.8 Å². The van der Waals surface area contributed by atoms with Crippen LogP contribution >= 0.6 is 0 Å². The Kier molecular flexibility index (Phi) is 11.0. The summed E-state index contributed by atoms with van der Waals surface area (Å²) in [4.78, 5) is 57.3. The number of hydrogen-bond acceptors (Lipinski definition) is 6. The molecule has 16 heteroatoms. The van der Waals surface area contributed by atoms with E-state index in [-0.39, 0.29) is 48.4 Å². The first-order valence-electron chi connectivity index (χ1n) is 17.2. The molecule has 0 saturated carbocycles. The first-order valence-corrected chi connectivity index (χ1v) is 17.2. The number of guanidine groups is 2. The van der Waals surface area contributed by atoms with Crippen molar-refractivity contribution in [2.45, 2.75) is 25.7 Å². The first-order chi connectivity index (χ1) is 26.0. The molecule has 6 aromatic rings. The molecule has 16 nitrogen and oxygen atoms in total. The molecule has 276 valence electrons. The lowest BCUT2D eigenvalue weighted by Gasteiger charge is -2.08. The van der Waals surface area contributed by atoms with Crippen molar-refractivity contribution in [3.8, 4) is 0 Å². The van der Waals surface area contributed by atoms with Crippen LogP contribution < -0.4 is 43.4 Å². The molecule has 2 heterocycles. The van der Waals surface area contributed by atoms with E-state index in [1.54, 1.807) is 60.7 Å². The van der Waals surface area contributed by atoms with Crippen LogP contribution in [0.5, 0.6) is 0 Å². The van der Waals surface area contributed by atoms with Gasteiger partial charge in [-0.15, -0.1) is 0 Å². The molecular weight excluding hydrogens is 688 g/mol. The largest absolute Gasteiger partial charge is 0.370 e. The van der Waals surface area contributed by atoms with Crippen LogP contribution in [0.4, 0.5) is 22.7 Å². The quantitative estimate of drug-likeness (QED) is 0.0423. The molecule has 4 aromatic carbocycles. The Morgan fingerprint density at radius 3 is 1.31 bits per heavy atom. The van der Waals surface area contributed by atoms with Gasteiger partial charge < -0.3 is 53.3 Å². The Morgan fingerprint density at radius 2 is 0.889 bits per heavy atom. The van der Waals surface area contributed by atoms with E-state index in [1.165, 1.54) is 0 Å². The molecule has 0 saturated heterocycles.